The lowest BCUT2D eigenvalue weighted by Crippen LogP contribution is -2.37. The van der Waals surface area contributed by atoms with E-state index in [0.717, 1.165) is 15.6 Å². The first-order chi connectivity index (χ1) is 9.21. The van der Waals surface area contributed by atoms with E-state index < -0.39 is 21.9 Å². The fourth-order valence-corrected chi connectivity index (χ4v) is 4.13. The summed E-state index contributed by atoms with van der Waals surface area (Å²) in [6.45, 7) is 1.56. The number of carbonyl (C=O) groups is 2. The number of thiophene rings is 1. The Bertz CT molecular complexity index is 608. The highest BCUT2D eigenvalue weighted by Gasteiger charge is 2.29. The van der Waals surface area contributed by atoms with Gasteiger partial charge in [-0.25, -0.2) is 17.5 Å². The molecular formula is C11H16N2O5S2. The molecular weight excluding hydrogens is 304 g/mol. The van der Waals surface area contributed by atoms with Crippen LogP contribution in [0.5, 0.6) is 0 Å². The number of carboxylic acids is 1. The van der Waals surface area contributed by atoms with Crippen molar-refractivity contribution in [2.75, 3.05) is 20.6 Å². The summed E-state index contributed by atoms with van der Waals surface area (Å²) in [4.78, 5) is 21.9. The highest BCUT2D eigenvalue weighted by atomic mass is 32.2. The molecule has 2 N–H and O–H groups in total. The first-order valence-electron chi connectivity index (χ1n) is 5.70. The highest BCUT2D eigenvalue weighted by Crippen LogP contribution is 2.25. The van der Waals surface area contributed by atoms with Gasteiger partial charge < -0.3 is 10.4 Å². The number of amides is 1. The van der Waals surface area contributed by atoms with Crippen molar-refractivity contribution >= 4 is 33.2 Å². The lowest BCUT2D eigenvalue weighted by Gasteiger charge is -2.20. The van der Waals surface area contributed by atoms with Crippen LogP contribution in [0.2, 0.25) is 0 Å². The van der Waals surface area contributed by atoms with Crippen LogP contribution in [0.4, 0.5) is 0 Å². The van der Waals surface area contributed by atoms with Gasteiger partial charge in [0.1, 0.15) is 9.77 Å². The SMILES string of the molecule is CNC(=O)C(C)CN(C)S(=O)(=O)c1ccsc1C(=O)O. The maximum absolute atomic E-state index is 12.3. The van der Waals surface area contributed by atoms with Gasteiger partial charge in [0.25, 0.3) is 0 Å². The zero-order chi connectivity index (χ0) is 15.5. The van der Waals surface area contributed by atoms with E-state index in [4.69, 9.17) is 5.11 Å². The summed E-state index contributed by atoms with van der Waals surface area (Å²) < 4.78 is 25.6. The number of carboxylic acid groups (broad SMARTS) is 1. The minimum Gasteiger partial charge on any atom is -0.477 e. The van der Waals surface area contributed by atoms with Gasteiger partial charge in [-0.15, -0.1) is 11.3 Å². The molecule has 0 radical (unpaired) electrons. The van der Waals surface area contributed by atoms with Crippen LogP contribution in [0.3, 0.4) is 0 Å². The van der Waals surface area contributed by atoms with E-state index in [1.54, 1.807) is 6.92 Å². The molecule has 0 spiro atoms. The van der Waals surface area contributed by atoms with Crippen molar-refractivity contribution in [2.45, 2.75) is 11.8 Å². The standard InChI is InChI=1S/C11H16N2O5S2/c1-7(10(14)12-2)6-13(3)20(17,18)8-4-5-19-9(8)11(15)16/h4-5,7H,6H2,1-3H3,(H,12,14)(H,15,16). The predicted molar refractivity (Wildman–Crippen MR) is 74.3 cm³/mol. The van der Waals surface area contributed by atoms with Crippen molar-refractivity contribution in [3.05, 3.63) is 16.3 Å². The van der Waals surface area contributed by atoms with Crippen molar-refractivity contribution in [1.82, 2.24) is 9.62 Å². The van der Waals surface area contributed by atoms with E-state index >= 15 is 0 Å². The molecule has 0 aliphatic heterocycles. The number of sulfonamides is 1. The second-order valence-corrected chi connectivity index (χ2v) is 7.15. The first-order valence-corrected chi connectivity index (χ1v) is 8.02. The molecule has 1 amide bonds. The molecule has 1 aromatic heterocycles. The van der Waals surface area contributed by atoms with Gasteiger partial charge >= 0.3 is 5.97 Å². The summed E-state index contributed by atoms with van der Waals surface area (Å²) in [6.07, 6.45) is 0. The molecule has 20 heavy (non-hydrogen) atoms. The van der Waals surface area contributed by atoms with Gasteiger partial charge in [-0.3, -0.25) is 4.79 Å². The van der Waals surface area contributed by atoms with Crippen LogP contribution in [0, 0.1) is 5.92 Å². The second-order valence-electron chi connectivity index (χ2n) is 4.22. The molecule has 9 heteroatoms. The van der Waals surface area contributed by atoms with Gasteiger partial charge in [-0.1, -0.05) is 6.92 Å². The van der Waals surface area contributed by atoms with Crippen molar-refractivity contribution in [2.24, 2.45) is 5.92 Å². The predicted octanol–water partition coefficient (Wildman–Crippen LogP) is 0.449. The van der Waals surface area contributed by atoms with Crippen LogP contribution in [0.25, 0.3) is 0 Å². The third-order valence-corrected chi connectivity index (χ3v) is 5.63. The Hall–Kier alpha value is -1.45. The number of hydrogen-bond acceptors (Lipinski definition) is 5. The Kier molecular flexibility index (Phi) is 5.26. The molecule has 1 aromatic rings. The van der Waals surface area contributed by atoms with E-state index in [1.165, 1.54) is 25.5 Å². The van der Waals surface area contributed by atoms with Gasteiger partial charge in [0.15, 0.2) is 0 Å². The Labute approximate surface area is 121 Å². The molecule has 1 heterocycles. The zero-order valence-corrected chi connectivity index (χ0v) is 12.9. The third-order valence-electron chi connectivity index (χ3n) is 2.74. The molecule has 0 aromatic carbocycles. The molecule has 1 rings (SSSR count). The van der Waals surface area contributed by atoms with Gasteiger partial charge in [0.05, 0.1) is 0 Å². The summed E-state index contributed by atoms with van der Waals surface area (Å²) in [5.74, 6) is -2.10. The van der Waals surface area contributed by atoms with Gasteiger partial charge in [0.2, 0.25) is 15.9 Å². The van der Waals surface area contributed by atoms with Gasteiger partial charge in [-0.05, 0) is 11.4 Å². The Morgan fingerprint density at radius 2 is 2.10 bits per heavy atom. The molecule has 1 atom stereocenters. The third kappa shape index (κ3) is 3.35. The number of carbonyl (C=O) groups excluding carboxylic acids is 1. The maximum Gasteiger partial charge on any atom is 0.347 e. The summed E-state index contributed by atoms with van der Waals surface area (Å²) >= 11 is 0.847. The molecule has 112 valence electrons. The number of hydrogen-bond donors (Lipinski definition) is 2. The average molecular weight is 320 g/mol. The van der Waals surface area contributed by atoms with Crippen LogP contribution in [-0.4, -0.2) is 50.3 Å². The fraction of sp³-hybridized carbons (Fsp3) is 0.455. The van der Waals surface area contributed by atoms with E-state index in [0.29, 0.717) is 0 Å². The Balaban J connectivity index is 3.01. The minimum absolute atomic E-state index is 0.0308. The summed E-state index contributed by atoms with van der Waals surface area (Å²) in [6, 6.07) is 1.25. The zero-order valence-electron chi connectivity index (χ0n) is 11.3. The molecule has 1 unspecified atom stereocenters. The Morgan fingerprint density at radius 3 is 2.60 bits per heavy atom. The number of rotatable bonds is 6. The lowest BCUT2D eigenvalue weighted by atomic mass is 10.2. The van der Waals surface area contributed by atoms with Crippen molar-refractivity contribution < 1.29 is 23.1 Å². The van der Waals surface area contributed by atoms with E-state index in [1.807, 2.05) is 0 Å². The van der Waals surface area contributed by atoms with Crippen molar-refractivity contribution in [1.29, 1.82) is 0 Å². The lowest BCUT2D eigenvalue weighted by molar-refractivity contribution is -0.124. The highest BCUT2D eigenvalue weighted by molar-refractivity contribution is 7.89. The molecule has 0 saturated heterocycles. The second kappa shape index (κ2) is 6.33. The molecule has 0 bridgehead atoms. The number of nitrogens with one attached hydrogen (secondary N) is 1. The first kappa shape index (κ1) is 16.6. The minimum atomic E-state index is -3.93. The number of nitrogens with zero attached hydrogens (tertiary/aromatic N) is 1. The fourth-order valence-electron chi connectivity index (χ4n) is 1.64. The van der Waals surface area contributed by atoms with Crippen LogP contribution in [-0.2, 0) is 14.8 Å². The van der Waals surface area contributed by atoms with Gasteiger partial charge in [0, 0.05) is 26.6 Å². The Morgan fingerprint density at radius 1 is 1.50 bits per heavy atom. The normalized spacial score (nSPS) is 13.2. The van der Waals surface area contributed by atoms with E-state index in [2.05, 4.69) is 5.32 Å². The summed E-state index contributed by atoms with van der Waals surface area (Å²) in [5, 5.41) is 12.8. The largest absolute Gasteiger partial charge is 0.477 e. The van der Waals surface area contributed by atoms with E-state index in [-0.39, 0.29) is 22.2 Å². The molecule has 7 nitrogen and oxygen atoms in total. The maximum atomic E-state index is 12.3. The topological polar surface area (TPSA) is 104 Å². The molecule has 0 aliphatic rings. The molecule has 0 fully saturated rings. The van der Waals surface area contributed by atoms with Crippen LogP contribution >= 0.6 is 11.3 Å². The van der Waals surface area contributed by atoms with Crippen molar-refractivity contribution in [3.63, 3.8) is 0 Å². The monoisotopic (exact) mass is 320 g/mol. The van der Waals surface area contributed by atoms with E-state index in [9.17, 15) is 18.0 Å². The number of aromatic carboxylic acids is 1. The van der Waals surface area contributed by atoms with Crippen LogP contribution in [0.1, 0.15) is 16.6 Å². The van der Waals surface area contributed by atoms with Crippen LogP contribution < -0.4 is 5.32 Å². The summed E-state index contributed by atoms with van der Waals surface area (Å²) in [5.41, 5.74) is 0. The molecule has 0 aliphatic carbocycles. The summed E-state index contributed by atoms with van der Waals surface area (Å²) in [7, 11) is -1.14. The molecule has 0 saturated carbocycles. The van der Waals surface area contributed by atoms with Crippen LogP contribution in [0.15, 0.2) is 16.3 Å². The average Bonchev–Trinajstić information content (AvgIpc) is 2.87. The van der Waals surface area contributed by atoms with Crippen molar-refractivity contribution in [3.8, 4) is 0 Å². The smallest absolute Gasteiger partial charge is 0.347 e. The van der Waals surface area contributed by atoms with Gasteiger partial charge in [-0.2, -0.15) is 0 Å². The quantitative estimate of drug-likeness (QED) is 0.792.